The highest BCUT2D eigenvalue weighted by Gasteiger charge is 2.37. The summed E-state index contributed by atoms with van der Waals surface area (Å²) in [4.78, 5) is 19.1. The van der Waals surface area contributed by atoms with Crippen LogP contribution in [0, 0.1) is 24.5 Å². The second-order valence-electron chi connectivity index (χ2n) is 8.46. The van der Waals surface area contributed by atoms with Crippen LogP contribution in [0.3, 0.4) is 0 Å². The van der Waals surface area contributed by atoms with Gasteiger partial charge in [-0.15, -0.1) is 0 Å². The maximum absolute atomic E-state index is 13.7. The summed E-state index contributed by atoms with van der Waals surface area (Å²) in [5, 5.41) is 11.1. The van der Waals surface area contributed by atoms with E-state index < -0.39 is 29.7 Å². The molecule has 0 saturated carbocycles. The number of rotatable bonds is 6. The van der Waals surface area contributed by atoms with Crippen LogP contribution in [0.1, 0.15) is 48.7 Å². The van der Waals surface area contributed by atoms with E-state index in [0.29, 0.717) is 36.3 Å². The molecule has 1 amide bonds. The number of aliphatic hydroxyl groups is 1. The van der Waals surface area contributed by atoms with Gasteiger partial charge in [0.05, 0.1) is 42.9 Å². The Balaban J connectivity index is 1.57. The molecule has 33 heavy (non-hydrogen) atoms. The minimum Gasteiger partial charge on any atom is -0.495 e. The molecule has 1 saturated heterocycles. The number of methoxy groups -OCH3 is 1. The molecule has 174 valence electrons. The smallest absolute Gasteiger partial charge is 0.229 e. The summed E-state index contributed by atoms with van der Waals surface area (Å²) >= 11 is 0. The third-order valence-corrected chi connectivity index (χ3v) is 6.27. The molecule has 3 aromatic rings. The quantitative estimate of drug-likeness (QED) is 0.594. The number of aliphatic hydroxyl groups excluding tert-OH is 1. The van der Waals surface area contributed by atoms with Gasteiger partial charge in [0.25, 0.3) is 0 Å². The Morgan fingerprint density at radius 3 is 2.52 bits per heavy atom. The summed E-state index contributed by atoms with van der Waals surface area (Å²) in [6, 6.07) is 8.09. The number of benzene rings is 2. The third-order valence-electron chi connectivity index (χ3n) is 6.27. The number of carbonyl (C=O) groups excluding carboxylic acids is 1. The van der Waals surface area contributed by atoms with E-state index in [-0.39, 0.29) is 5.91 Å². The number of aromatic nitrogens is 2. The van der Waals surface area contributed by atoms with Crippen LogP contribution in [0.4, 0.5) is 8.78 Å². The third kappa shape index (κ3) is 4.61. The van der Waals surface area contributed by atoms with Gasteiger partial charge in [0.1, 0.15) is 17.4 Å². The molecule has 8 heteroatoms. The van der Waals surface area contributed by atoms with E-state index in [1.165, 1.54) is 12.1 Å². The maximum atomic E-state index is 13.7. The SMILES string of the molecule is COc1cc(C(O)C2CCCN(C(C)c3cc(F)cc(F)c3)C2=O)ccc1-n1cnc(C)c1. The molecule has 0 radical (unpaired) electrons. The second kappa shape index (κ2) is 9.31. The summed E-state index contributed by atoms with van der Waals surface area (Å²) in [6.45, 7) is 4.09. The average molecular weight is 456 g/mol. The molecule has 4 rings (SSSR count). The highest BCUT2D eigenvalue weighted by molar-refractivity contribution is 5.81. The summed E-state index contributed by atoms with van der Waals surface area (Å²) in [5.74, 6) is -1.71. The first-order valence-electron chi connectivity index (χ1n) is 10.9. The summed E-state index contributed by atoms with van der Waals surface area (Å²) in [5.41, 5.74) is 2.59. The Labute approximate surface area is 191 Å². The first kappa shape index (κ1) is 22.9. The highest BCUT2D eigenvalue weighted by Crippen LogP contribution is 2.37. The van der Waals surface area contributed by atoms with Gasteiger partial charge in [-0.05, 0) is 62.1 Å². The van der Waals surface area contributed by atoms with Gasteiger partial charge < -0.3 is 19.3 Å². The van der Waals surface area contributed by atoms with Gasteiger partial charge in [-0.1, -0.05) is 6.07 Å². The zero-order valence-corrected chi connectivity index (χ0v) is 18.8. The van der Waals surface area contributed by atoms with Gasteiger partial charge in [-0.2, -0.15) is 0 Å². The molecular weight excluding hydrogens is 428 g/mol. The Hall–Kier alpha value is -3.26. The van der Waals surface area contributed by atoms with Crippen molar-refractivity contribution < 1.29 is 23.4 Å². The first-order valence-corrected chi connectivity index (χ1v) is 10.9. The summed E-state index contributed by atoms with van der Waals surface area (Å²) in [7, 11) is 1.55. The highest BCUT2D eigenvalue weighted by atomic mass is 19.1. The molecule has 0 aliphatic carbocycles. The van der Waals surface area contributed by atoms with E-state index in [4.69, 9.17) is 4.74 Å². The normalized spacial score (nSPS) is 18.3. The Morgan fingerprint density at radius 1 is 1.15 bits per heavy atom. The fourth-order valence-electron chi connectivity index (χ4n) is 4.48. The van der Waals surface area contributed by atoms with Crippen LogP contribution < -0.4 is 4.74 Å². The first-order chi connectivity index (χ1) is 15.8. The molecule has 0 bridgehead atoms. The molecule has 6 nitrogen and oxygen atoms in total. The molecule has 0 spiro atoms. The number of piperidine rings is 1. The number of imidazole rings is 1. The van der Waals surface area contributed by atoms with Crippen molar-refractivity contribution in [3.8, 4) is 11.4 Å². The van der Waals surface area contributed by atoms with Crippen LogP contribution in [0.15, 0.2) is 48.9 Å². The molecule has 2 aromatic carbocycles. The van der Waals surface area contributed by atoms with E-state index >= 15 is 0 Å². The topological polar surface area (TPSA) is 67.6 Å². The number of hydrogen-bond acceptors (Lipinski definition) is 4. The Morgan fingerprint density at radius 2 is 1.88 bits per heavy atom. The van der Waals surface area contributed by atoms with Crippen molar-refractivity contribution in [3.05, 3.63) is 77.4 Å². The fraction of sp³-hybridized carbons (Fsp3) is 0.360. The van der Waals surface area contributed by atoms with Crippen LogP contribution >= 0.6 is 0 Å². The van der Waals surface area contributed by atoms with Crippen LogP contribution in [-0.2, 0) is 4.79 Å². The Kier molecular flexibility index (Phi) is 6.47. The molecular formula is C25H27F2N3O3. The molecule has 2 heterocycles. The lowest BCUT2D eigenvalue weighted by Gasteiger charge is -2.38. The molecule has 1 fully saturated rings. The molecule has 1 aromatic heterocycles. The van der Waals surface area contributed by atoms with Crippen molar-refractivity contribution >= 4 is 5.91 Å². The van der Waals surface area contributed by atoms with E-state index in [2.05, 4.69) is 4.98 Å². The predicted molar refractivity (Wildman–Crippen MR) is 119 cm³/mol. The number of aryl methyl sites for hydroxylation is 1. The minimum atomic E-state index is -1.04. The number of nitrogens with zero attached hydrogens (tertiary/aromatic N) is 3. The van der Waals surface area contributed by atoms with Crippen molar-refractivity contribution in [1.82, 2.24) is 14.5 Å². The van der Waals surface area contributed by atoms with Gasteiger partial charge in [-0.25, -0.2) is 13.8 Å². The van der Waals surface area contributed by atoms with Crippen molar-refractivity contribution in [2.75, 3.05) is 13.7 Å². The van der Waals surface area contributed by atoms with Crippen molar-refractivity contribution in [2.45, 2.75) is 38.8 Å². The fourth-order valence-corrected chi connectivity index (χ4v) is 4.48. The van der Waals surface area contributed by atoms with Crippen LogP contribution in [0.25, 0.3) is 5.69 Å². The number of likely N-dealkylation sites (tertiary alicyclic amines) is 1. The van der Waals surface area contributed by atoms with E-state index in [0.717, 1.165) is 17.4 Å². The van der Waals surface area contributed by atoms with Crippen molar-refractivity contribution in [3.63, 3.8) is 0 Å². The zero-order valence-electron chi connectivity index (χ0n) is 18.8. The van der Waals surface area contributed by atoms with Crippen molar-refractivity contribution in [1.29, 1.82) is 0 Å². The summed E-state index contributed by atoms with van der Waals surface area (Å²) < 4.78 is 34.8. The zero-order chi connectivity index (χ0) is 23.7. The van der Waals surface area contributed by atoms with Gasteiger partial charge in [0.2, 0.25) is 5.91 Å². The monoisotopic (exact) mass is 455 g/mol. The molecule has 1 aliphatic heterocycles. The van der Waals surface area contributed by atoms with Crippen LogP contribution in [0.5, 0.6) is 5.75 Å². The average Bonchev–Trinajstić information content (AvgIpc) is 3.23. The molecule has 1 N–H and O–H groups in total. The number of ether oxygens (including phenoxy) is 1. The molecule has 3 unspecified atom stereocenters. The lowest BCUT2D eigenvalue weighted by atomic mass is 9.86. The Bertz CT molecular complexity index is 1140. The summed E-state index contributed by atoms with van der Waals surface area (Å²) in [6.07, 6.45) is 3.71. The largest absolute Gasteiger partial charge is 0.495 e. The lowest BCUT2D eigenvalue weighted by Crippen LogP contribution is -2.44. The standard InChI is InChI=1S/C25H27F2N3O3/c1-15-13-29(14-28-15)22-7-6-17(11-23(22)33-3)24(31)21-5-4-8-30(25(21)32)16(2)18-9-19(26)12-20(27)10-18/h6-7,9-14,16,21,24,31H,4-5,8H2,1-3H3. The number of halogens is 2. The molecule has 3 atom stereocenters. The minimum absolute atomic E-state index is 0.237. The van der Waals surface area contributed by atoms with Crippen molar-refractivity contribution in [2.24, 2.45) is 5.92 Å². The van der Waals surface area contributed by atoms with Gasteiger partial charge >= 0.3 is 0 Å². The molecule has 1 aliphatic rings. The lowest BCUT2D eigenvalue weighted by molar-refractivity contribution is -0.145. The van der Waals surface area contributed by atoms with E-state index in [1.807, 2.05) is 23.8 Å². The second-order valence-corrected chi connectivity index (χ2v) is 8.46. The number of hydrogen-bond donors (Lipinski definition) is 1. The van der Waals surface area contributed by atoms with Crippen LogP contribution in [0.2, 0.25) is 0 Å². The number of carbonyl (C=O) groups is 1. The van der Waals surface area contributed by atoms with Gasteiger partial charge in [-0.3, -0.25) is 4.79 Å². The van der Waals surface area contributed by atoms with Gasteiger partial charge in [0.15, 0.2) is 0 Å². The number of amides is 1. The van der Waals surface area contributed by atoms with E-state index in [1.54, 1.807) is 37.4 Å². The van der Waals surface area contributed by atoms with Gasteiger partial charge in [0, 0.05) is 18.8 Å². The maximum Gasteiger partial charge on any atom is 0.229 e. The van der Waals surface area contributed by atoms with Crippen LogP contribution in [-0.4, -0.2) is 39.1 Å². The van der Waals surface area contributed by atoms with E-state index in [9.17, 15) is 18.7 Å². The predicted octanol–water partition coefficient (Wildman–Crippen LogP) is 4.50.